The number of rotatable bonds is 2. The molecule has 0 saturated carbocycles. The van der Waals surface area contributed by atoms with Crippen LogP contribution in [-0.2, 0) is 5.41 Å². The molecule has 0 saturated heterocycles. The maximum absolute atomic E-state index is 13.3. The molecule has 0 atom stereocenters. The molecule has 1 aromatic heterocycles. The number of aromatic carboxylic acids is 1. The van der Waals surface area contributed by atoms with Crippen LogP contribution in [-0.4, -0.2) is 26.1 Å². The molecule has 1 heterocycles. The summed E-state index contributed by atoms with van der Waals surface area (Å²) in [6, 6.07) is 4.34. The van der Waals surface area contributed by atoms with Gasteiger partial charge in [-0.3, -0.25) is 0 Å². The largest absolute Gasteiger partial charge is 0.476 e. The van der Waals surface area contributed by atoms with Crippen molar-refractivity contribution in [1.82, 2.24) is 15.0 Å². The van der Waals surface area contributed by atoms with E-state index >= 15 is 0 Å². The van der Waals surface area contributed by atoms with Crippen LogP contribution in [0.4, 0.5) is 4.39 Å². The Morgan fingerprint density at radius 2 is 2.05 bits per heavy atom. The van der Waals surface area contributed by atoms with Crippen LogP contribution in [0.25, 0.3) is 5.69 Å². The molecule has 0 unspecified atom stereocenters. The van der Waals surface area contributed by atoms with E-state index in [0.29, 0.717) is 11.4 Å². The Morgan fingerprint density at radius 1 is 1.40 bits per heavy atom. The van der Waals surface area contributed by atoms with E-state index in [0.717, 1.165) is 0 Å². The second kappa shape index (κ2) is 4.97. The summed E-state index contributed by atoms with van der Waals surface area (Å²) in [6.45, 7) is 5.60. The molecule has 2 aromatic rings. The van der Waals surface area contributed by atoms with E-state index in [4.69, 9.17) is 0 Å². The van der Waals surface area contributed by atoms with Crippen LogP contribution in [0.1, 0.15) is 37.0 Å². The van der Waals surface area contributed by atoms with Crippen LogP contribution < -0.4 is 0 Å². The van der Waals surface area contributed by atoms with Gasteiger partial charge in [0.05, 0.1) is 15.9 Å². The monoisotopic (exact) mass is 341 g/mol. The van der Waals surface area contributed by atoms with E-state index in [1.807, 2.05) is 20.8 Å². The molecule has 1 N–H and O–H groups in total. The first kappa shape index (κ1) is 14.6. The summed E-state index contributed by atoms with van der Waals surface area (Å²) < 4.78 is 15.0. The van der Waals surface area contributed by atoms with Gasteiger partial charge in [0.15, 0.2) is 5.69 Å². The molecule has 0 aliphatic rings. The van der Waals surface area contributed by atoms with Crippen LogP contribution in [0.15, 0.2) is 22.7 Å². The molecule has 0 amide bonds. The highest BCUT2D eigenvalue weighted by Gasteiger charge is 2.29. The average Bonchev–Trinajstić information content (AvgIpc) is 2.77. The summed E-state index contributed by atoms with van der Waals surface area (Å²) in [5.74, 6) is -1.54. The fraction of sp³-hybridized carbons (Fsp3) is 0.308. The van der Waals surface area contributed by atoms with Crippen LogP contribution in [0.2, 0.25) is 0 Å². The molecule has 7 heteroatoms. The highest BCUT2D eigenvalue weighted by molar-refractivity contribution is 9.10. The minimum absolute atomic E-state index is 0.0991. The number of hydrogen-bond donors (Lipinski definition) is 1. The van der Waals surface area contributed by atoms with Crippen molar-refractivity contribution in [3.63, 3.8) is 0 Å². The SMILES string of the molecule is CC(C)(C)c1c(C(=O)O)nnn1-c1ccc(F)c(Br)c1. The lowest BCUT2D eigenvalue weighted by atomic mass is 9.90. The van der Waals surface area contributed by atoms with Gasteiger partial charge < -0.3 is 5.11 Å². The predicted molar refractivity (Wildman–Crippen MR) is 74.7 cm³/mol. The summed E-state index contributed by atoms with van der Waals surface area (Å²) >= 11 is 3.10. The van der Waals surface area contributed by atoms with Crippen LogP contribution in [0.3, 0.4) is 0 Å². The van der Waals surface area contributed by atoms with Crippen LogP contribution >= 0.6 is 15.9 Å². The van der Waals surface area contributed by atoms with E-state index < -0.39 is 17.2 Å². The number of halogens is 2. The Morgan fingerprint density at radius 3 is 2.55 bits per heavy atom. The zero-order valence-corrected chi connectivity index (χ0v) is 12.8. The maximum atomic E-state index is 13.3. The highest BCUT2D eigenvalue weighted by Crippen LogP contribution is 2.28. The first-order valence-corrected chi connectivity index (χ1v) is 6.66. The molecule has 5 nitrogen and oxygen atoms in total. The standard InChI is InChI=1S/C13H13BrFN3O2/c1-13(2,3)11-10(12(19)20)16-17-18(11)7-4-5-9(15)8(14)6-7/h4-6H,1-3H3,(H,19,20). The normalized spacial score (nSPS) is 11.7. The molecule has 0 radical (unpaired) electrons. The fourth-order valence-corrected chi connectivity index (χ4v) is 2.26. The molecule has 0 aliphatic heterocycles. The van der Waals surface area contributed by atoms with E-state index in [-0.39, 0.29) is 10.2 Å². The number of hydrogen-bond acceptors (Lipinski definition) is 3. The number of aromatic nitrogens is 3. The summed E-state index contributed by atoms with van der Waals surface area (Å²) in [6.07, 6.45) is 0. The van der Waals surface area contributed by atoms with Crippen molar-refractivity contribution in [3.8, 4) is 5.69 Å². The minimum Gasteiger partial charge on any atom is -0.476 e. The molecule has 0 aliphatic carbocycles. The number of carbonyl (C=O) groups is 1. The zero-order chi connectivity index (χ0) is 15.1. The van der Waals surface area contributed by atoms with Crippen molar-refractivity contribution in [1.29, 1.82) is 0 Å². The van der Waals surface area contributed by atoms with Crippen molar-refractivity contribution >= 4 is 21.9 Å². The van der Waals surface area contributed by atoms with E-state index in [1.54, 1.807) is 0 Å². The Bertz CT molecular complexity index is 677. The smallest absolute Gasteiger partial charge is 0.358 e. The van der Waals surface area contributed by atoms with Gasteiger partial charge in [0.1, 0.15) is 5.82 Å². The van der Waals surface area contributed by atoms with Gasteiger partial charge in [-0.25, -0.2) is 13.9 Å². The molecule has 20 heavy (non-hydrogen) atoms. The third-order valence-electron chi connectivity index (χ3n) is 2.73. The van der Waals surface area contributed by atoms with E-state index in [9.17, 15) is 14.3 Å². The lowest BCUT2D eigenvalue weighted by Crippen LogP contribution is -2.21. The quantitative estimate of drug-likeness (QED) is 0.910. The van der Waals surface area contributed by atoms with Crippen LogP contribution in [0.5, 0.6) is 0 Å². The summed E-state index contributed by atoms with van der Waals surface area (Å²) in [5.41, 5.74) is 0.433. The number of benzene rings is 1. The van der Waals surface area contributed by atoms with Gasteiger partial charge in [-0.2, -0.15) is 0 Å². The topological polar surface area (TPSA) is 68.0 Å². The minimum atomic E-state index is -1.14. The maximum Gasteiger partial charge on any atom is 0.358 e. The second-order valence-corrected chi connectivity index (χ2v) is 6.21. The van der Waals surface area contributed by atoms with Gasteiger partial charge in [0.2, 0.25) is 0 Å². The molecule has 106 valence electrons. The van der Waals surface area contributed by atoms with Crippen molar-refractivity contribution in [2.45, 2.75) is 26.2 Å². The van der Waals surface area contributed by atoms with Gasteiger partial charge in [-0.05, 0) is 34.1 Å². The van der Waals surface area contributed by atoms with Crippen molar-refractivity contribution in [3.05, 3.63) is 39.9 Å². The average molecular weight is 342 g/mol. The predicted octanol–water partition coefficient (Wildman–Crippen LogP) is 3.16. The molecule has 0 bridgehead atoms. The van der Waals surface area contributed by atoms with Gasteiger partial charge in [0, 0.05) is 5.41 Å². The van der Waals surface area contributed by atoms with Gasteiger partial charge in [0.25, 0.3) is 0 Å². The van der Waals surface area contributed by atoms with Crippen LogP contribution in [0, 0.1) is 5.82 Å². The summed E-state index contributed by atoms with van der Waals surface area (Å²) in [5, 5.41) is 16.8. The molecule has 1 aromatic carbocycles. The molecule has 2 rings (SSSR count). The lowest BCUT2D eigenvalue weighted by Gasteiger charge is -2.20. The number of nitrogens with zero attached hydrogens (tertiary/aromatic N) is 3. The van der Waals surface area contributed by atoms with Gasteiger partial charge in [-0.15, -0.1) is 5.10 Å². The Balaban J connectivity index is 2.68. The Hall–Kier alpha value is -1.76. The summed E-state index contributed by atoms with van der Waals surface area (Å²) in [4.78, 5) is 11.2. The Kier molecular flexibility index (Phi) is 3.64. The van der Waals surface area contributed by atoms with E-state index in [1.165, 1.54) is 22.9 Å². The molecule has 0 fully saturated rings. The Labute approximate surface area is 123 Å². The third-order valence-corrected chi connectivity index (χ3v) is 3.34. The lowest BCUT2D eigenvalue weighted by molar-refractivity contribution is 0.0687. The van der Waals surface area contributed by atoms with Crippen molar-refractivity contribution in [2.24, 2.45) is 0 Å². The number of carboxylic acid groups (broad SMARTS) is 1. The fourth-order valence-electron chi connectivity index (χ4n) is 1.90. The summed E-state index contributed by atoms with van der Waals surface area (Å²) in [7, 11) is 0. The van der Waals surface area contributed by atoms with Gasteiger partial charge >= 0.3 is 5.97 Å². The zero-order valence-electron chi connectivity index (χ0n) is 11.2. The van der Waals surface area contributed by atoms with Crippen molar-refractivity contribution in [2.75, 3.05) is 0 Å². The first-order valence-electron chi connectivity index (χ1n) is 5.86. The first-order chi connectivity index (χ1) is 9.21. The van der Waals surface area contributed by atoms with E-state index in [2.05, 4.69) is 26.2 Å². The highest BCUT2D eigenvalue weighted by atomic mass is 79.9. The van der Waals surface area contributed by atoms with Gasteiger partial charge in [-0.1, -0.05) is 26.0 Å². The molecular formula is C13H13BrFN3O2. The molecular weight excluding hydrogens is 329 g/mol. The second-order valence-electron chi connectivity index (χ2n) is 5.35. The number of carboxylic acids is 1. The molecule has 0 spiro atoms. The van der Waals surface area contributed by atoms with Crippen molar-refractivity contribution < 1.29 is 14.3 Å². The third kappa shape index (κ3) is 2.58.